The molecule has 0 saturated carbocycles. The van der Waals surface area contributed by atoms with Gasteiger partial charge in [0, 0.05) is 5.33 Å². The molecule has 78 valence electrons. The van der Waals surface area contributed by atoms with Crippen molar-refractivity contribution >= 4 is 33.6 Å². The number of aldehydes is 1. The maximum absolute atomic E-state index is 10.4. The van der Waals surface area contributed by atoms with Crippen LogP contribution in [-0.2, 0) is 0 Å². The zero-order chi connectivity index (χ0) is 10.6. The molecular formula is C9H11BrO3S. The lowest BCUT2D eigenvalue weighted by atomic mass is 10.1. The highest BCUT2D eigenvalue weighted by Gasteiger charge is 2.18. The number of thiophene rings is 1. The van der Waals surface area contributed by atoms with Gasteiger partial charge in [0.1, 0.15) is 6.10 Å². The van der Waals surface area contributed by atoms with Crippen molar-refractivity contribution in [3.8, 4) is 0 Å². The summed E-state index contributed by atoms with van der Waals surface area (Å²) in [5.74, 6) is 0. The third-order valence-electron chi connectivity index (χ3n) is 1.87. The highest BCUT2D eigenvalue weighted by atomic mass is 79.9. The van der Waals surface area contributed by atoms with Gasteiger partial charge >= 0.3 is 0 Å². The van der Waals surface area contributed by atoms with Gasteiger partial charge < -0.3 is 10.2 Å². The van der Waals surface area contributed by atoms with Crippen molar-refractivity contribution in [2.75, 3.05) is 5.33 Å². The van der Waals surface area contributed by atoms with Crippen LogP contribution in [-0.4, -0.2) is 27.9 Å². The van der Waals surface area contributed by atoms with Gasteiger partial charge in [-0.1, -0.05) is 15.9 Å². The SMILES string of the molecule is O=Cc1cc(C(O)C(O)CCBr)cs1. The molecule has 2 N–H and O–H groups in total. The van der Waals surface area contributed by atoms with E-state index in [-0.39, 0.29) is 0 Å². The molecule has 0 spiro atoms. The van der Waals surface area contributed by atoms with E-state index in [0.717, 1.165) is 6.29 Å². The zero-order valence-corrected chi connectivity index (χ0v) is 9.79. The largest absolute Gasteiger partial charge is 0.390 e. The number of rotatable bonds is 5. The van der Waals surface area contributed by atoms with Crippen LogP contribution >= 0.6 is 27.3 Å². The lowest BCUT2D eigenvalue weighted by Gasteiger charge is -2.15. The van der Waals surface area contributed by atoms with E-state index in [1.807, 2.05) is 0 Å². The van der Waals surface area contributed by atoms with E-state index in [1.165, 1.54) is 11.3 Å². The smallest absolute Gasteiger partial charge is 0.160 e. The Labute approximate surface area is 94.5 Å². The molecule has 3 nitrogen and oxygen atoms in total. The minimum atomic E-state index is -0.905. The van der Waals surface area contributed by atoms with Crippen LogP contribution in [0.1, 0.15) is 27.8 Å². The molecule has 1 aromatic rings. The molecule has 2 unspecified atom stereocenters. The Morgan fingerprint density at radius 3 is 2.79 bits per heavy atom. The Bertz CT molecular complexity index is 300. The van der Waals surface area contributed by atoms with Gasteiger partial charge in [-0.15, -0.1) is 11.3 Å². The summed E-state index contributed by atoms with van der Waals surface area (Å²) in [6.45, 7) is 0. The second-order valence-corrected chi connectivity index (χ2v) is 4.63. The first-order valence-electron chi connectivity index (χ1n) is 4.14. The number of aliphatic hydroxyl groups excluding tert-OH is 2. The van der Waals surface area contributed by atoms with Crippen LogP contribution in [0.25, 0.3) is 0 Å². The molecule has 0 aromatic carbocycles. The standard InChI is InChI=1S/C9H11BrO3S/c10-2-1-8(12)9(13)6-3-7(4-11)14-5-6/h3-5,8-9,12-13H,1-2H2. The van der Waals surface area contributed by atoms with Gasteiger partial charge in [0.25, 0.3) is 0 Å². The van der Waals surface area contributed by atoms with E-state index in [2.05, 4.69) is 15.9 Å². The van der Waals surface area contributed by atoms with Crippen molar-refractivity contribution in [3.63, 3.8) is 0 Å². The molecule has 0 saturated heterocycles. The number of halogens is 1. The molecule has 0 fully saturated rings. The van der Waals surface area contributed by atoms with Crippen LogP contribution in [0, 0.1) is 0 Å². The van der Waals surface area contributed by atoms with Gasteiger partial charge in [-0.05, 0) is 23.4 Å². The third-order valence-corrected chi connectivity index (χ3v) is 3.20. The fourth-order valence-electron chi connectivity index (χ4n) is 1.08. The first-order valence-corrected chi connectivity index (χ1v) is 6.15. The Morgan fingerprint density at radius 2 is 2.29 bits per heavy atom. The van der Waals surface area contributed by atoms with E-state index in [1.54, 1.807) is 11.4 Å². The van der Waals surface area contributed by atoms with Crippen LogP contribution in [0.4, 0.5) is 0 Å². The summed E-state index contributed by atoms with van der Waals surface area (Å²) in [4.78, 5) is 11.0. The lowest BCUT2D eigenvalue weighted by molar-refractivity contribution is 0.0176. The van der Waals surface area contributed by atoms with Crippen LogP contribution in [0.2, 0.25) is 0 Å². The van der Waals surface area contributed by atoms with Crippen molar-refractivity contribution in [2.24, 2.45) is 0 Å². The van der Waals surface area contributed by atoms with Crippen molar-refractivity contribution in [1.82, 2.24) is 0 Å². The van der Waals surface area contributed by atoms with Gasteiger partial charge in [-0.25, -0.2) is 0 Å². The average Bonchev–Trinajstić information content (AvgIpc) is 2.65. The highest BCUT2D eigenvalue weighted by Crippen LogP contribution is 2.24. The molecule has 0 aliphatic heterocycles. The molecule has 0 bridgehead atoms. The van der Waals surface area contributed by atoms with Gasteiger partial charge in [-0.2, -0.15) is 0 Å². The summed E-state index contributed by atoms with van der Waals surface area (Å²) in [5, 5.41) is 21.5. The normalized spacial score (nSPS) is 15.1. The summed E-state index contributed by atoms with van der Waals surface area (Å²) in [6, 6.07) is 1.60. The second-order valence-electron chi connectivity index (χ2n) is 2.89. The van der Waals surface area contributed by atoms with Crippen LogP contribution in [0.15, 0.2) is 11.4 Å². The molecule has 0 radical (unpaired) electrons. The Hall–Kier alpha value is -0.230. The van der Waals surface area contributed by atoms with Gasteiger partial charge in [0.05, 0.1) is 11.0 Å². The number of alkyl halides is 1. The predicted molar refractivity (Wildman–Crippen MR) is 59.1 cm³/mol. The Kier molecular flexibility index (Phi) is 4.74. The summed E-state index contributed by atoms with van der Waals surface area (Å²) < 4.78 is 0. The third kappa shape index (κ3) is 2.88. The zero-order valence-electron chi connectivity index (χ0n) is 7.39. The summed E-state index contributed by atoms with van der Waals surface area (Å²) in [5.41, 5.74) is 0.602. The summed E-state index contributed by atoms with van der Waals surface area (Å²) >= 11 is 4.45. The molecule has 1 heterocycles. The average molecular weight is 279 g/mol. The number of aliphatic hydroxyl groups is 2. The molecule has 0 aliphatic carbocycles. The Balaban J connectivity index is 2.67. The topological polar surface area (TPSA) is 57.5 Å². The van der Waals surface area contributed by atoms with E-state index in [9.17, 15) is 15.0 Å². The van der Waals surface area contributed by atoms with E-state index in [0.29, 0.717) is 22.2 Å². The molecule has 2 atom stereocenters. The molecule has 0 aliphatic rings. The fourth-order valence-corrected chi connectivity index (χ4v) is 2.29. The molecule has 0 amide bonds. The van der Waals surface area contributed by atoms with E-state index < -0.39 is 12.2 Å². The van der Waals surface area contributed by atoms with Gasteiger partial charge in [0.15, 0.2) is 6.29 Å². The fraction of sp³-hybridized carbons (Fsp3) is 0.444. The Morgan fingerprint density at radius 1 is 1.57 bits per heavy atom. The first kappa shape index (κ1) is 11.8. The lowest BCUT2D eigenvalue weighted by Crippen LogP contribution is -2.17. The van der Waals surface area contributed by atoms with Crippen LogP contribution in [0.5, 0.6) is 0 Å². The second kappa shape index (κ2) is 5.60. The van der Waals surface area contributed by atoms with Crippen LogP contribution in [0.3, 0.4) is 0 Å². The monoisotopic (exact) mass is 278 g/mol. The molecular weight excluding hydrogens is 268 g/mol. The molecule has 1 aromatic heterocycles. The van der Waals surface area contributed by atoms with E-state index >= 15 is 0 Å². The van der Waals surface area contributed by atoms with Crippen LogP contribution < -0.4 is 0 Å². The molecule has 5 heteroatoms. The minimum absolute atomic E-state index is 0.480. The number of hydrogen-bond acceptors (Lipinski definition) is 4. The van der Waals surface area contributed by atoms with Crippen molar-refractivity contribution in [3.05, 3.63) is 21.9 Å². The summed E-state index contributed by atoms with van der Waals surface area (Å²) in [6.07, 6.45) is -0.480. The van der Waals surface area contributed by atoms with Crippen molar-refractivity contribution in [1.29, 1.82) is 0 Å². The van der Waals surface area contributed by atoms with Crippen molar-refractivity contribution < 1.29 is 15.0 Å². The highest BCUT2D eigenvalue weighted by molar-refractivity contribution is 9.09. The van der Waals surface area contributed by atoms with E-state index in [4.69, 9.17) is 0 Å². The quantitative estimate of drug-likeness (QED) is 0.637. The van der Waals surface area contributed by atoms with Gasteiger partial charge in [-0.3, -0.25) is 4.79 Å². The maximum Gasteiger partial charge on any atom is 0.160 e. The predicted octanol–water partition coefficient (Wildman–Crippen LogP) is 1.74. The maximum atomic E-state index is 10.4. The number of hydrogen-bond donors (Lipinski definition) is 2. The minimum Gasteiger partial charge on any atom is -0.390 e. The molecule has 14 heavy (non-hydrogen) atoms. The van der Waals surface area contributed by atoms with Crippen molar-refractivity contribution in [2.45, 2.75) is 18.6 Å². The summed E-state index contributed by atoms with van der Waals surface area (Å²) in [7, 11) is 0. The number of carbonyl (C=O) groups is 1. The molecule has 1 rings (SSSR count). The first-order chi connectivity index (χ1) is 6.69. The van der Waals surface area contributed by atoms with Gasteiger partial charge in [0.2, 0.25) is 0 Å². The number of carbonyl (C=O) groups excluding carboxylic acids is 1.